The van der Waals surface area contributed by atoms with E-state index in [1.807, 2.05) is 11.9 Å². The van der Waals surface area contributed by atoms with E-state index in [1.165, 1.54) is 0 Å². The molecule has 0 spiro atoms. The monoisotopic (exact) mass is 231 g/mol. The standard InChI is InChI=1S/C12H22FNO2/c1-11(2,3)16-10(15)12(13)6-5-8-14(4)9-7-12/h5-9H2,1-4H3. The second-order valence-corrected chi connectivity index (χ2v) is 5.62. The summed E-state index contributed by atoms with van der Waals surface area (Å²) < 4.78 is 19.6. The van der Waals surface area contributed by atoms with Crippen LogP contribution in [0.25, 0.3) is 0 Å². The van der Waals surface area contributed by atoms with Gasteiger partial charge in [0.2, 0.25) is 5.67 Å². The molecular formula is C12H22FNO2. The third kappa shape index (κ3) is 3.74. The molecular weight excluding hydrogens is 209 g/mol. The zero-order valence-corrected chi connectivity index (χ0v) is 10.7. The van der Waals surface area contributed by atoms with E-state index >= 15 is 0 Å². The van der Waals surface area contributed by atoms with E-state index < -0.39 is 17.2 Å². The molecule has 1 atom stereocenters. The Hall–Kier alpha value is -0.640. The van der Waals surface area contributed by atoms with Gasteiger partial charge in [0.25, 0.3) is 0 Å². The molecule has 4 heteroatoms. The number of esters is 1. The molecule has 1 heterocycles. The van der Waals surface area contributed by atoms with Gasteiger partial charge >= 0.3 is 5.97 Å². The van der Waals surface area contributed by atoms with Crippen molar-refractivity contribution in [2.75, 3.05) is 20.1 Å². The Morgan fingerprint density at radius 3 is 2.50 bits per heavy atom. The molecule has 0 bridgehead atoms. The third-order valence-corrected chi connectivity index (χ3v) is 2.77. The predicted octanol–water partition coefficient (Wildman–Crippen LogP) is 2.15. The summed E-state index contributed by atoms with van der Waals surface area (Å²) in [5, 5.41) is 0. The van der Waals surface area contributed by atoms with E-state index in [-0.39, 0.29) is 12.8 Å². The van der Waals surface area contributed by atoms with Crippen molar-refractivity contribution in [2.45, 2.75) is 51.3 Å². The first-order valence-corrected chi connectivity index (χ1v) is 5.84. The topological polar surface area (TPSA) is 29.5 Å². The lowest BCUT2D eigenvalue weighted by atomic mass is 9.97. The summed E-state index contributed by atoms with van der Waals surface area (Å²) in [7, 11) is 1.95. The highest BCUT2D eigenvalue weighted by Gasteiger charge is 2.42. The van der Waals surface area contributed by atoms with Crippen molar-refractivity contribution in [2.24, 2.45) is 0 Å². The lowest BCUT2D eigenvalue weighted by Gasteiger charge is -2.27. The molecule has 1 rings (SSSR count). The molecule has 1 saturated heterocycles. The lowest BCUT2D eigenvalue weighted by Crippen LogP contribution is -2.40. The second-order valence-electron chi connectivity index (χ2n) is 5.62. The molecule has 0 aromatic rings. The lowest BCUT2D eigenvalue weighted by molar-refractivity contribution is -0.170. The van der Waals surface area contributed by atoms with Crippen LogP contribution in [0, 0.1) is 0 Å². The van der Waals surface area contributed by atoms with Crippen LogP contribution in [0.3, 0.4) is 0 Å². The summed E-state index contributed by atoms with van der Waals surface area (Å²) >= 11 is 0. The summed E-state index contributed by atoms with van der Waals surface area (Å²) in [4.78, 5) is 13.8. The maximum Gasteiger partial charge on any atom is 0.344 e. The van der Waals surface area contributed by atoms with Crippen molar-refractivity contribution in [1.82, 2.24) is 4.90 Å². The number of likely N-dealkylation sites (tertiary alicyclic amines) is 1. The third-order valence-electron chi connectivity index (χ3n) is 2.77. The molecule has 0 N–H and O–H groups in total. The Bertz CT molecular complexity index is 262. The van der Waals surface area contributed by atoms with E-state index in [0.717, 1.165) is 6.54 Å². The van der Waals surface area contributed by atoms with Gasteiger partial charge in [-0.1, -0.05) is 0 Å². The minimum absolute atomic E-state index is 0.235. The van der Waals surface area contributed by atoms with Gasteiger partial charge in [-0.05, 0) is 47.2 Å². The second kappa shape index (κ2) is 4.70. The number of rotatable bonds is 1. The number of alkyl halides is 1. The molecule has 1 aliphatic rings. The molecule has 0 amide bonds. The largest absolute Gasteiger partial charge is 0.458 e. The SMILES string of the molecule is CN1CCCC(F)(C(=O)OC(C)(C)C)CC1. The van der Waals surface area contributed by atoms with Gasteiger partial charge in [-0.3, -0.25) is 0 Å². The van der Waals surface area contributed by atoms with Gasteiger partial charge in [0, 0.05) is 13.0 Å². The van der Waals surface area contributed by atoms with Crippen LogP contribution in [0.15, 0.2) is 0 Å². The average molecular weight is 231 g/mol. The molecule has 3 nitrogen and oxygen atoms in total. The fourth-order valence-electron chi connectivity index (χ4n) is 1.81. The summed E-state index contributed by atoms with van der Waals surface area (Å²) in [6, 6.07) is 0. The van der Waals surface area contributed by atoms with Crippen molar-refractivity contribution in [1.29, 1.82) is 0 Å². The minimum atomic E-state index is -1.79. The van der Waals surface area contributed by atoms with Crippen molar-refractivity contribution in [3.63, 3.8) is 0 Å². The zero-order chi connectivity index (χ0) is 12.4. The molecule has 16 heavy (non-hydrogen) atoms. The van der Waals surface area contributed by atoms with Crippen LogP contribution < -0.4 is 0 Å². The highest BCUT2D eigenvalue weighted by atomic mass is 19.1. The number of hydrogen-bond acceptors (Lipinski definition) is 3. The fraction of sp³-hybridized carbons (Fsp3) is 0.917. The van der Waals surface area contributed by atoms with Gasteiger partial charge < -0.3 is 9.64 Å². The van der Waals surface area contributed by atoms with Gasteiger partial charge in [-0.25, -0.2) is 9.18 Å². The maximum atomic E-state index is 14.4. The average Bonchev–Trinajstić information content (AvgIpc) is 2.27. The van der Waals surface area contributed by atoms with Crippen LogP contribution in [-0.4, -0.2) is 42.3 Å². The minimum Gasteiger partial charge on any atom is -0.458 e. The number of hydrogen-bond donors (Lipinski definition) is 0. The number of nitrogens with zero attached hydrogens (tertiary/aromatic N) is 1. The highest BCUT2D eigenvalue weighted by molar-refractivity contribution is 5.79. The summed E-state index contributed by atoms with van der Waals surface area (Å²) in [6.07, 6.45) is 1.21. The van der Waals surface area contributed by atoms with Crippen LogP contribution in [0.1, 0.15) is 40.0 Å². The summed E-state index contributed by atoms with van der Waals surface area (Å²) in [6.45, 7) is 6.73. The zero-order valence-electron chi connectivity index (χ0n) is 10.7. The Morgan fingerprint density at radius 2 is 1.94 bits per heavy atom. The predicted molar refractivity (Wildman–Crippen MR) is 61.0 cm³/mol. The number of carbonyl (C=O) groups is 1. The van der Waals surface area contributed by atoms with E-state index in [0.29, 0.717) is 13.0 Å². The molecule has 94 valence electrons. The molecule has 0 aliphatic carbocycles. The summed E-state index contributed by atoms with van der Waals surface area (Å²) in [5.74, 6) is -0.699. The number of ether oxygens (including phenoxy) is 1. The highest BCUT2D eigenvalue weighted by Crippen LogP contribution is 2.29. The van der Waals surface area contributed by atoms with Crippen LogP contribution in [0.2, 0.25) is 0 Å². The fourth-order valence-corrected chi connectivity index (χ4v) is 1.81. The van der Waals surface area contributed by atoms with Crippen LogP contribution in [-0.2, 0) is 9.53 Å². The quantitative estimate of drug-likeness (QED) is 0.648. The first-order valence-electron chi connectivity index (χ1n) is 5.84. The Balaban J connectivity index is 2.65. The van der Waals surface area contributed by atoms with Gasteiger partial charge in [0.1, 0.15) is 5.60 Å². The molecule has 0 saturated carbocycles. The number of halogens is 1. The van der Waals surface area contributed by atoms with Gasteiger partial charge in [0.05, 0.1) is 0 Å². The first kappa shape index (κ1) is 13.4. The molecule has 0 aromatic carbocycles. The Labute approximate surface area is 96.9 Å². The van der Waals surface area contributed by atoms with Gasteiger partial charge in [0.15, 0.2) is 0 Å². The summed E-state index contributed by atoms with van der Waals surface area (Å²) in [5.41, 5.74) is -2.41. The van der Waals surface area contributed by atoms with Gasteiger partial charge in [-0.2, -0.15) is 0 Å². The molecule has 1 fully saturated rings. The Kier molecular flexibility index (Phi) is 3.94. The van der Waals surface area contributed by atoms with Crippen molar-refractivity contribution in [3.8, 4) is 0 Å². The van der Waals surface area contributed by atoms with Crippen molar-refractivity contribution < 1.29 is 13.9 Å². The smallest absolute Gasteiger partial charge is 0.344 e. The van der Waals surface area contributed by atoms with Gasteiger partial charge in [-0.15, -0.1) is 0 Å². The van der Waals surface area contributed by atoms with Crippen LogP contribution in [0.4, 0.5) is 4.39 Å². The molecule has 0 radical (unpaired) electrons. The van der Waals surface area contributed by atoms with Crippen LogP contribution >= 0.6 is 0 Å². The number of carbonyl (C=O) groups excluding carboxylic acids is 1. The maximum absolute atomic E-state index is 14.4. The molecule has 1 unspecified atom stereocenters. The molecule has 0 aromatic heterocycles. The molecule has 1 aliphatic heterocycles. The normalized spacial score (nSPS) is 28.6. The van der Waals surface area contributed by atoms with E-state index in [1.54, 1.807) is 20.8 Å². The first-order chi connectivity index (χ1) is 7.23. The van der Waals surface area contributed by atoms with E-state index in [2.05, 4.69) is 0 Å². The van der Waals surface area contributed by atoms with Crippen molar-refractivity contribution in [3.05, 3.63) is 0 Å². The van der Waals surface area contributed by atoms with E-state index in [4.69, 9.17) is 4.74 Å². The van der Waals surface area contributed by atoms with Crippen molar-refractivity contribution >= 4 is 5.97 Å². The van der Waals surface area contributed by atoms with Crippen LogP contribution in [0.5, 0.6) is 0 Å². The van der Waals surface area contributed by atoms with E-state index in [9.17, 15) is 9.18 Å². The Morgan fingerprint density at radius 1 is 1.31 bits per heavy atom.